The van der Waals surface area contributed by atoms with Gasteiger partial charge in [-0.1, -0.05) is 22.0 Å². The summed E-state index contributed by atoms with van der Waals surface area (Å²) in [5.41, 5.74) is 1.56. The number of hydrogen-bond donors (Lipinski definition) is 2. The van der Waals surface area contributed by atoms with Crippen molar-refractivity contribution in [3.8, 4) is 0 Å². The lowest BCUT2D eigenvalue weighted by Gasteiger charge is -2.05. The zero-order valence-electron chi connectivity index (χ0n) is 12.3. The van der Waals surface area contributed by atoms with Crippen molar-refractivity contribution in [1.29, 1.82) is 0 Å². The third-order valence-corrected chi connectivity index (χ3v) is 4.11. The predicted molar refractivity (Wildman–Crippen MR) is 93.6 cm³/mol. The van der Waals surface area contributed by atoms with Gasteiger partial charge in [0.25, 0.3) is 5.56 Å². The van der Waals surface area contributed by atoms with Crippen LogP contribution >= 0.6 is 15.9 Å². The number of H-pyrrole nitrogens is 1. The van der Waals surface area contributed by atoms with Gasteiger partial charge in [-0.25, -0.2) is 9.37 Å². The lowest BCUT2D eigenvalue weighted by atomic mass is 10.2. The van der Waals surface area contributed by atoms with E-state index in [0.717, 1.165) is 9.86 Å². The monoisotopic (exact) mass is 387 g/mol. The molecule has 0 saturated heterocycles. The van der Waals surface area contributed by atoms with Crippen molar-refractivity contribution in [2.75, 3.05) is 5.32 Å². The van der Waals surface area contributed by atoms with Crippen molar-refractivity contribution in [3.05, 3.63) is 68.9 Å². The maximum Gasteiger partial charge on any atom is 0.294 e. The molecule has 2 aromatic carbocycles. The molecule has 0 spiro atoms. The van der Waals surface area contributed by atoms with Gasteiger partial charge in [-0.2, -0.15) is 0 Å². The highest BCUT2D eigenvalue weighted by molar-refractivity contribution is 9.10. The van der Waals surface area contributed by atoms with Crippen LogP contribution in [-0.2, 0) is 6.54 Å². The summed E-state index contributed by atoms with van der Waals surface area (Å²) in [5.74, 6) is 0.113. The zero-order valence-corrected chi connectivity index (χ0v) is 13.9. The van der Waals surface area contributed by atoms with Crippen LogP contribution in [0.15, 0.2) is 56.1 Å². The smallest absolute Gasteiger partial charge is 0.294 e. The van der Waals surface area contributed by atoms with E-state index in [0.29, 0.717) is 22.6 Å². The first-order valence-corrected chi connectivity index (χ1v) is 8.00. The molecule has 0 aliphatic carbocycles. The number of benzene rings is 2. The Morgan fingerprint density at radius 1 is 1.25 bits per heavy atom. The Hall–Kier alpha value is -2.67. The summed E-state index contributed by atoms with van der Waals surface area (Å²) in [6.07, 6.45) is 0. The third-order valence-electron chi connectivity index (χ3n) is 3.62. The Labute approximate surface area is 143 Å². The van der Waals surface area contributed by atoms with E-state index >= 15 is 0 Å². The van der Waals surface area contributed by atoms with E-state index in [4.69, 9.17) is 4.42 Å². The normalized spacial score (nSPS) is 11.2. The highest BCUT2D eigenvalue weighted by atomic mass is 79.9. The predicted octanol–water partition coefficient (Wildman–Crippen LogP) is 4.18. The summed E-state index contributed by atoms with van der Waals surface area (Å²) < 4.78 is 19.7. The number of furan rings is 1. The topological polar surface area (TPSA) is 70.9 Å². The lowest BCUT2D eigenvalue weighted by molar-refractivity contribution is 0.628. The summed E-state index contributed by atoms with van der Waals surface area (Å²) in [7, 11) is 0. The molecule has 120 valence electrons. The summed E-state index contributed by atoms with van der Waals surface area (Å²) in [5, 5.41) is 3.79. The molecule has 0 fully saturated rings. The van der Waals surface area contributed by atoms with E-state index in [1.807, 2.05) is 12.1 Å². The molecule has 0 atom stereocenters. The summed E-state index contributed by atoms with van der Waals surface area (Å²) in [4.78, 5) is 19.4. The standard InChI is InChI=1S/C17H11BrFN3O2/c18-9-4-5-13-12(6-9)15-16(24-13)17(23)22-14(21-15)8-20-11-3-1-2-10(19)7-11/h1-7,20H,8H2,(H,21,22,23). The second-order valence-corrected chi connectivity index (χ2v) is 6.21. The quantitative estimate of drug-likeness (QED) is 0.552. The SMILES string of the molecule is O=c1[nH]c(CNc2cccc(F)c2)nc2c1oc1ccc(Br)cc12. The minimum Gasteiger partial charge on any atom is -0.449 e. The Morgan fingerprint density at radius 3 is 2.96 bits per heavy atom. The number of halogens is 2. The van der Waals surface area contributed by atoms with Crippen LogP contribution in [0.3, 0.4) is 0 Å². The maximum absolute atomic E-state index is 13.2. The van der Waals surface area contributed by atoms with Gasteiger partial charge in [0.05, 0.1) is 6.54 Å². The van der Waals surface area contributed by atoms with Crippen molar-refractivity contribution in [2.45, 2.75) is 6.54 Å². The number of nitrogens with zero attached hydrogens (tertiary/aromatic N) is 1. The molecule has 4 aromatic rings. The first-order valence-electron chi connectivity index (χ1n) is 7.20. The Balaban J connectivity index is 1.75. The van der Waals surface area contributed by atoms with E-state index in [2.05, 4.69) is 31.2 Å². The number of hydrogen-bond acceptors (Lipinski definition) is 4. The van der Waals surface area contributed by atoms with Gasteiger partial charge >= 0.3 is 0 Å². The van der Waals surface area contributed by atoms with Crippen LogP contribution in [0.1, 0.15) is 5.82 Å². The number of rotatable bonds is 3. The molecule has 0 unspecified atom stereocenters. The summed E-state index contributed by atoms with van der Waals surface area (Å²) >= 11 is 3.40. The highest BCUT2D eigenvalue weighted by Crippen LogP contribution is 2.27. The van der Waals surface area contributed by atoms with E-state index in [1.165, 1.54) is 12.1 Å². The van der Waals surface area contributed by atoms with Crippen molar-refractivity contribution in [1.82, 2.24) is 9.97 Å². The second kappa shape index (κ2) is 5.76. The summed E-state index contributed by atoms with van der Waals surface area (Å²) in [6.45, 7) is 0.259. The Kier molecular flexibility index (Phi) is 3.57. The molecule has 0 saturated carbocycles. The molecule has 0 radical (unpaired) electrons. The Morgan fingerprint density at radius 2 is 2.12 bits per heavy atom. The molecular weight excluding hydrogens is 377 g/mol. The van der Waals surface area contributed by atoms with Crippen LogP contribution < -0.4 is 10.9 Å². The largest absolute Gasteiger partial charge is 0.449 e. The van der Waals surface area contributed by atoms with Crippen LogP contribution in [0.4, 0.5) is 10.1 Å². The van der Waals surface area contributed by atoms with Gasteiger partial charge in [0.2, 0.25) is 5.58 Å². The van der Waals surface area contributed by atoms with Crippen LogP contribution in [0.2, 0.25) is 0 Å². The van der Waals surface area contributed by atoms with Crippen molar-refractivity contribution in [3.63, 3.8) is 0 Å². The number of anilines is 1. The lowest BCUT2D eigenvalue weighted by Crippen LogP contribution is -2.13. The van der Waals surface area contributed by atoms with Crippen LogP contribution in [-0.4, -0.2) is 9.97 Å². The van der Waals surface area contributed by atoms with Gasteiger partial charge in [-0.3, -0.25) is 4.79 Å². The molecule has 24 heavy (non-hydrogen) atoms. The van der Waals surface area contributed by atoms with Gasteiger partial charge in [0.1, 0.15) is 22.7 Å². The zero-order chi connectivity index (χ0) is 16.7. The van der Waals surface area contributed by atoms with Crippen LogP contribution in [0.5, 0.6) is 0 Å². The van der Waals surface area contributed by atoms with Crippen LogP contribution in [0, 0.1) is 5.82 Å². The minimum absolute atomic E-state index is 0.192. The number of fused-ring (bicyclic) bond motifs is 3. The van der Waals surface area contributed by atoms with Crippen molar-refractivity contribution >= 4 is 43.7 Å². The van der Waals surface area contributed by atoms with Gasteiger partial charge in [-0.15, -0.1) is 0 Å². The number of aromatic nitrogens is 2. The molecule has 7 heteroatoms. The van der Waals surface area contributed by atoms with E-state index in [1.54, 1.807) is 18.2 Å². The average Bonchev–Trinajstić information content (AvgIpc) is 2.92. The molecule has 2 aromatic heterocycles. The van der Waals surface area contributed by atoms with Gasteiger partial charge < -0.3 is 14.7 Å². The molecule has 2 N–H and O–H groups in total. The number of nitrogens with one attached hydrogen (secondary N) is 2. The summed E-state index contributed by atoms with van der Waals surface area (Å²) in [6, 6.07) is 11.6. The second-order valence-electron chi connectivity index (χ2n) is 5.30. The van der Waals surface area contributed by atoms with Gasteiger partial charge in [-0.05, 0) is 36.4 Å². The highest BCUT2D eigenvalue weighted by Gasteiger charge is 2.13. The fourth-order valence-corrected chi connectivity index (χ4v) is 2.90. The average molecular weight is 388 g/mol. The molecule has 0 aliphatic rings. The molecule has 0 amide bonds. The molecule has 0 aliphatic heterocycles. The van der Waals surface area contributed by atoms with Gasteiger partial charge in [0, 0.05) is 15.5 Å². The first kappa shape index (κ1) is 14.9. The fourth-order valence-electron chi connectivity index (χ4n) is 2.54. The minimum atomic E-state index is -0.344. The van der Waals surface area contributed by atoms with Crippen molar-refractivity contribution < 1.29 is 8.81 Å². The fraction of sp³-hybridized carbons (Fsp3) is 0.0588. The van der Waals surface area contributed by atoms with Crippen LogP contribution in [0.25, 0.3) is 22.1 Å². The van der Waals surface area contributed by atoms with E-state index < -0.39 is 0 Å². The maximum atomic E-state index is 13.2. The molecule has 5 nitrogen and oxygen atoms in total. The molecular formula is C17H11BrFN3O2. The van der Waals surface area contributed by atoms with Crippen molar-refractivity contribution in [2.24, 2.45) is 0 Å². The van der Waals surface area contributed by atoms with E-state index in [9.17, 15) is 9.18 Å². The van der Waals surface area contributed by atoms with Gasteiger partial charge in [0.15, 0.2) is 0 Å². The first-order chi connectivity index (χ1) is 11.6. The molecule has 0 bridgehead atoms. The molecule has 2 heterocycles. The Bertz CT molecular complexity index is 1120. The van der Waals surface area contributed by atoms with E-state index in [-0.39, 0.29) is 23.5 Å². The number of aromatic amines is 1. The molecule has 4 rings (SSSR count). The third kappa shape index (κ3) is 2.67.